The smallest absolute Gasteiger partial charge is 0.231 e. The lowest BCUT2D eigenvalue weighted by molar-refractivity contribution is 0.174. The minimum Gasteiger partial charge on any atom is -0.454 e. The summed E-state index contributed by atoms with van der Waals surface area (Å²) in [5, 5.41) is 10.6. The number of aromatic nitrogens is 3. The molecule has 0 saturated carbocycles. The molecule has 2 aromatic heterocycles. The average Bonchev–Trinajstić information content (AvgIpc) is 3.32. The number of halogens is 1. The molecule has 8 heteroatoms. The summed E-state index contributed by atoms with van der Waals surface area (Å²) in [6, 6.07) is 12.3. The number of hydrogen-bond donors (Lipinski definition) is 0. The van der Waals surface area contributed by atoms with Crippen LogP contribution >= 0.6 is 23.1 Å². The van der Waals surface area contributed by atoms with Crippen LogP contribution in [-0.4, -0.2) is 22.0 Å². The van der Waals surface area contributed by atoms with Crippen molar-refractivity contribution >= 4 is 33.3 Å². The monoisotopic (exact) mass is 411 g/mol. The Labute approximate surface area is 168 Å². The van der Waals surface area contributed by atoms with E-state index >= 15 is 0 Å². The molecular formula is C20H14FN3O2S2. The van der Waals surface area contributed by atoms with Gasteiger partial charge in [0, 0.05) is 11.3 Å². The molecule has 0 aliphatic carbocycles. The third-order valence-electron chi connectivity index (χ3n) is 4.33. The van der Waals surface area contributed by atoms with E-state index in [-0.39, 0.29) is 12.6 Å². The standard InChI is InChI=1S/C20H14FN3O2S2/c1-11-22-18-19(28-11)17(13-4-7-15-16(8-13)26-10-25-15)23-24-20(18)27-9-12-2-5-14(21)6-3-12/h2-8H,9-10H2,1H3. The van der Waals surface area contributed by atoms with Crippen molar-refractivity contribution in [3.63, 3.8) is 0 Å². The van der Waals surface area contributed by atoms with Gasteiger partial charge in [0.1, 0.15) is 22.1 Å². The SMILES string of the molecule is Cc1nc2c(SCc3ccc(F)cc3)nnc(-c3ccc4c(c3)OCO4)c2s1. The van der Waals surface area contributed by atoms with Gasteiger partial charge in [-0.05, 0) is 42.8 Å². The molecule has 0 N–H and O–H groups in total. The maximum atomic E-state index is 13.1. The van der Waals surface area contributed by atoms with Crippen molar-refractivity contribution in [1.29, 1.82) is 0 Å². The van der Waals surface area contributed by atoms with Crippen molar-refractivity contribution in [1.82, 2.24) is 15.2 Å². The van der Waals surface area contributed by atoms with Crippen molar-refractivity contribution in [2.75, 3.05) is 6.79 Å². The van der Waals surface area contributed by atoms with Crippen molar-refractivity contribution in [3.8, 4) is 22.8 Å². The second-order valence-corrected chi connectivity index (χ2v) is 8.41. The molecule has 5 rings (SSSR count). The second-order valence-electron chi connectivity index (χ2n) is 6.25. The molecule has 0 spiro atoms. The van der Waals surface area contributed by atoms with Crippen molar-refractivity contribution in [2.45, 2.75) is 17.7 Å². The number of thioether (sulfide) groups is 1. The fraction of sp³-hybridized carbons (Fsp3) is 0.150. The highest BCUT2D eigenvalue weighted by atomic mass is 32.2. The Morgan fingerprint density at radius 3 is 2.75 bits per heavy atom. The van der Waals surface area contributed by atoms with Crippen LogP contribution in [0.15, 0.2) is 47.5 Å². The fourth-order valence-electron chi connectivity index (χ4n) is 2.98. The predicted molar refractivity (Wildman–Crippen MR) is 107 cm³/mol. The number of hydrogen-bond acceptors (Lipinski definition) is 7. The summed E-state index contributed by atoms with van der Waals surface area (Å²) < 4.78 is 25.0. The number of ether oxygens (including phenoxy) is 2. The van der Waals surface area contributed by atoms with Crippen LogP contribution in [0.4, 0.5) is 4.39 Å². The molecule has 1 aliphatic rings. The lowest BCUT2D eigenvalue weighted by Gasteiger charge is -2.06. The van der Waals surface area contributed by atoms with Crippen LogP contribution in [0.2, 0.25) is 0 Å². The summed E-state index contributed by atoms with van der Waals surface area (Å²) in [6.45, 7) is 2.21. The van der Waals surface area contributed by atoms with Crippen LogP contribution < -0.4 is 9.47 Å². The molecule has 1 aliphatic heterocycles. The van der Waals surface area contributed by atoms with Crippen LogP contribution in [0, 0.1) is 12.7 Å². The average molecular weight is 411 g/mol. The van der Waals surface area contributed by atoms with Gasteiger partial charge in [-0.15, -0.1) is 21.5 Å². The first-order valence-corrected chi connectivity index (χ1v) is 10.4. The largest absolute Gasteiger partial charge is 0.454 e. The molecular weight excluding hydrogens is 397 g/mol. The molecule has 3 heterocycles. The van der Waals surface area contributed by atoms with Crippen molar-refractivity contribution < 1.29 is 13.9 Å². The van der Waals surface area contributed by atoms with Gasteiger partial charge in [0.25, 0.3) is 0 Å². The molecule has 0 unspecified atom stereocenters. The highest BCUT2D eigenvalue weighted by molar-refractivity contribution is 7.98. The normalized spacial score (nSPS) is 12.6. The number of benzene rings is 2. The van der Waals surface area contributed by atoms with Gasteiger partial charge in [-0.3, -0.25) is 0 Å². The van der Waals surface area contributed by atoms with E-state index in [0.717, 1.165) is 42.8 Å². The van der Waals surface area contributed by atoms with Crippen LogP contribution in [0.25, 0.3) is 21.5 Å². The molecule has 0 atom stereocenters. The molecule has 28 heavy (non-hydrogen) atoms. The van der Waals surface area contributed by atoms with Gasteiger partial charge in [-0.25, -0.2) is 9.37 Å². The predicted octanol–water partition coefficient (Wildman–Crippen LogP) is 5.22. The summed E-state index contributed by atoms with van der Waals surface area (Å²) in [5.74, 6) is 1.88. The van der Waals surface area contributed by atoms with Gasteiger partial charge < -0.3 is 9.47 Å². The van der Waals surface area contributed by atoms with Gasteiger partial charge in [-0.1, -0.05) is 23.9 Å². The first-order chi connectivity index (χ1) is 13.7. The van der Waals surface area contributed by atoms with Crippen LogP contribution in [0.1, 0.15) is 10.6 Å². The van der Waals surface area contributed by atoms with E-state index in [2.05, 4.69) is 15.2 Å². The molecule has 2 aromatic carbocycles. The van der Waals surface area contributed by atoms with Gasteiger partial charge in [0.05, 0.1) is 9.71 Å². The summed E-state index contributed by atoms with van der Waals surface area (Å²) in [5.41, 5.74) is 3.57. The number of fused-ring (bicyclic) bond motifs is 2. The van der Waals surface area contributed by atoms with E-state index in [9.17, 15) is 4.39 Å². The molecule has 0 fully saturated rings. The highest BCUT2D eigenvalue weighted by Crippen LogP contribution is 2.40. The first kappa shape index (κ1) is 17.4. The third kappa shape index (κ3) is 3.18. The molecule has 5 nitrogen and oxygen atoms in total. The Kier molecular flexibility index (Phi) is 4.37. The Balaban J connectivity index is 1.51. The molecule has 4 aromatic rings. The van der Waals surface area contributed by atoms with E-state index < -0.39 is 0 Å². The van der Waals surface area contributed by atoms with E-state index in [1.54, 1.807) is 35.2 Å². The lowest BCUT2D eigenvalue weighted by Crippen LogP contribution is -1.93. The van der Waals surface area contributed by atoms with Crippen LogP contribution in [0.3, 0.4) is 0 Å². The Morgan fingerprint density at radius 1 is 1.07 bits per heavy atom. The zero-order valence-corrected chi connectivity index (χ0v) is 16.4. The maximum Gasteiger partial charge on any atom is 0.231 e. The summed E-state index contributed by atoms with van der Waals surface area (Å²) in [4.78, 5) is 4.68. The first-order valence-electron chi connectivity index (χ1n) is 8.58. The lowest BCUT2D eigenvalue weighted by atomic mass is 10.1. The molecule has 0 radical (unpaired) electrons. The topological polar surface area (TPSA) is 57.1 Å². The number of thiazole rings is 1. The number of aryl methyl sites for hydroxylation is 1. The van der Waals surface area contributed by atoms with E-state index in [1.807, 2.05) is 25.1 Å². The van der Waals surface area contributed by atoms with E-state index in [4.69, 9.17) is 9.47 Å². The molecule has 0 saturated heterocycles. The minimum atomic E-state index is -0.237. The zero-order chi connectivity index (χ0) is 19.1. The Bertz CT molecular complexity index is 1180. The molecule has 0 bridgehead atoms. The quantitative estimate of drug-likeness (QED) is 0.429. The Hall–Kier alpha value is -2.71. The van der Waals surface area contributed by atoms with Gasteiger partial charge in [-0.2, -0.15) is 0 Å². The van der Waals surface area contributed by atoms with Crippen LogP contribution in [0.5, 0.6) is 11.5 Å². The number of rotatable bonds is 4. The maximum absolute atomic E-state index is 13.1. The Morgan fingerprint density at radius 2 is 1.89 bits per heavy atom. The van der Waals surface area contributed by atoms with E-state index in [0.29, 0.717) is 11.5 Å². The summed E-state index contributed by atoms with van der Waals surface area (Å²) in [7, 11) is 0. The summed E-state index contributed by atoms with van der Waals surface area (Å²) >= 11 is 3.15. The van der Waals surface area contributed by atoms with Gasteiger partial charge in [0.15, 0.2) is 11.5 Å². The van der Waals surface area contributed by atoms with Crippen LogP contribution in [-0.2, 0) is 5.75 Å². The third-order valence-corrected chi connectivity index (χ3v) is 6.33. The fourth-order valence-corrected chi connectivity index (χ4v) is 4.85. The van der Waals surface area contributed by atoms with Crippen molar-refractivity contribution in [3.05, 3.63) is 58.9 Å². The molecule has 140 valence electrons. The van der Waals surface area contributed by atoms with Gasteiger partial charge >= 0.3 is 0 Å². The van der Waals surface area contributed by atoms with Crippen molar-refractivity contribution in [2.24, 2.45) is 0 Å². The summed E-state index contributed by atoms with van der Waals surface area (Å²) in [6.07, 6.45) is 0. The minimum absolute atomic E-state index is 0.235. The van der Waals surface area contributed by atoms with Gasteiger partial charge in [0.2, 0.25) is 6.79 Å². The zero-order valence-electron chi connectivity index (χ0n) is 14.8. The number of nitrogens with zero attached hydrogens (tertiary/aromatic N) is 3. The highest BCUT2D eigenvalue weighted by Gasteiger charge is 2.19. The molecule has 0 amide bonds. The van der Waals surface area contributed by atoms with E-state index in [1.165, 1.54) is 12.1 Å². The second kappa shape index (κ2) is 7.03.